The van der Waals surface area contributed by atoms with Gasteiger partial charge in [0.15, 0.2) is 0 Å². The lowest BCUT2D eigenvalue weighted by molar-refractivity contribution is 0.167. The van der Waals surface area contributed by atoms with Gasteiger partial charge in [-0.1, -0.05) is 30.3 Å². The maximum Gasteiger partial charge on any atom is 0.116 e. The molecule has 0 saturated heterocycles. The Morgan fingerprint density at radius 3 is 2.68 bits per heavy atom. The Morgan fingerprint density at radius 1 is 1.21 bits per heavy atom. The second kappa shape index (κ2) is 7.23. The lowest BCUT2D eigenvalue weighted by Crippen LogP contribution is -2.38. The lowest BCUT2D eigenvalue weighted by Gasteiger charge is -2.18. The van der Waals surface area contributed by atoms with Gasteiger partial charge in [0.25, 0.3) is 0 Å². The number of aliphatic hydroxyl groups excluding tert-OH is 1. The third-order valence-electron chi connectivity index (χ3n) is 2.77. The molecule has 2 unspecified atom stereocenters. The van der Waals surface area contributed by atoms with Crippen molar-refractivity contribution in [2.24, 2.45) is 5.73 Å². The molecule has 1 aromatic heterocycles. The molecule has 2 aromatic rings. The van der Waals surface area contributed by atoms with E-state index in [2.05, 4.69) is 9.97 Å². The molecular formula is C14H17N3OS. The number of thioether (sulfide) groups is 1. The first-order valence-corrected chi connectivity index (χ1v) is 7.10. The molecule has 0 spiro atoms. The van der Waals surface area contributed by atoms with E-state index in [1.165, 1.54) is 18.1 Å². The number of aliphatic hydroxyl groups is 1. The van der Waals surface area contributed by atoms with Crippen molar-refractivity contribution in [1.29, 1.82) is 0 Å². The molecule has 5 heteroatoms. The quantitative estimate of drug-likeness (QED) is 0.617. The molecule has 0 amide bonds. The number of rotatable bonds is 6. The summed E-state index contributed by atoms with van der Waals surface area (Å²) in [5.74, 6) is 0.533. The minimum absolute atomic E-state index is 0.267. The summed E-state index contributed by atoms with van der Waals surface area (Å²) in [7, 11) is 0. The maximum absolute atomic E-state index is 10.1. The fraction of sp³-hybridized carbons (Fsp3) is 0.286. The highest BCUT2D eigenvalue weighted by atomic mass is 32.2. The van der Waals surface area contributed by atoms with Crippen molar-refractivity contribution in [2.75, 3.05) is 5.75 Å². The van der Waals surface area contributed by atoms with Crippen LogP contribution in [0.25, 0.3) is 0 Å². The van der Waals surface area contributed by atoms with Crippen LogP contribution in [0.15, 0.2) is 53.9 Å². The van der Waals surface area contributed by atoms with Crippen LogP contribution >= 0.6 is 11.8 Å². The van der Waals surface area contributed by atoms with Gasteiger partial charge in [-0.25, -0.2) is 9.97 Å². The first-order valence-electron chi connectivity index (χ1n) is 6.12. The minimum atomic E-state index is -0.555. The SMILES string of the molecule is NC(Cc1ccccc1)C(O)CSc1ccncn1. The summed E-state index contributed by atoms with van der Waals surface area (Å²) in [6, 6.07) is 11.5. The van der Waals surface area contributed by atoms with E-state index in [0.29, 0.717) is 12.2 Å². The van der Waals surface area contributed by atoms with Crippen molar-refractivity contribution in [1.82, 2.24) is 9.97 Å². The van der Waals surface area contributed by atoms with Gasteiger partial charge >= 0.3 is 0 Å². The van der Waals surface area contributed by atoms with Crippen molar-refractivity contribution in [3.8, 4) is 0 Å². The van der Waals surface area contributed by atoms with Crippen LogP contribution < -0.4 is 5.73 Å². The minimum Gasteiger partial charge on any atom is -0.391 e. The Balaban J connectivity index is 1.81. The van der Waals surface area contributed by atoms with Crippen molar-refractivity contribution < 1.29 is 5.11 Å². The average Bonchev–Trinajstić information content (AvgIpc) is 2.47. The first-order chi connectivity index (χ1) is 9.25. The van der Waals surface area contributed by atoms with Gasteiger partial charge < -0.3 is 10.8 Å². The smallest absolute Gasteiger partial charge is 0.116 e. The molecule has 0 aliphatic rings. The summed E-state index contributed by atoms with van der Waals surface area (Å²) in [6.45, 7) is 0. The molecule has 0 aliphatic carbocycles. The van der Waals surface area contributed by atoms with E-state index in [4.69, 9.17) is 5.73 Å². The Labute approximate surface area is 117 Å². The van der Waals surface area contributed by atoms with E-state index < -0.39 is 6.10 Å². The highest BCUT2D eigenvalue weighted by molar-refractivity contribution is 7.99. The van der Waals surface area contributed by atoms with Crippen LogP contribution in [-0.2, 0) is 6.42 Å². The second-order valence-corrected chi connectivity index (χ2v) is 5.32. The van der Waals surface area contributed by atoms with Crippen molar-refractivity contribution in [3.05, 3.63) is 54.5 Å². The molecule has 2 atom stereocenters. The fourth-order valence-corrected chi connectivity index (χ4v) is 2.55. The van der Waals surface area contributed by atoms with E-state index in [0.717, 1.165) is 10.6 Å². The molecule has 2 rings (SSSR count). The Kier molecular flexibility index (Phi) is 5.32. The molecule has 19 heavy (non-hydrogen) atoms. The van der Waals surface area contributed by atoms with Crippen molar-refractivity contribution in [3.63, 3.8) is 0 Å². The van der Waals surface area contributed by atoms with Crippen LogP contribution in [0.2, 0.25) is 0 Å². The van der Waals surface area contributed by atoms with Crippen molar-refractivity contribution in [2.45, 2.75) is 23.6 Å². The van der Waals surface area contributed by atoms with E-state index in [1.807, 2.05) is 36.4 Å². The third kappa shape index (κ3) is 4.63. The fourth-order valence-electron chi connectivity index (χ4n) is 1.68. The first kappa shape index (κ1) is 14.0. The molecule has 1 heterocycles. The second-order valence-electron chi connectivity index (χ2n) is 4.28. The highest BCUT2D eigenvalue weighted by Gasteiger charge is 2.15. The summed E-state index contributed by atoms with van der Waals surface area (Å²) < 4.78 is 0. The Morgan fingerprint density at radius 2 is 2.00 bits per heavy atom. The molecule has 100 valence electrons. The number of nitrogens with two attached hydrogens (primary N) is 1. The van der Waals surface area contributed by atoms with Gasteiger partial charge in [0.1, 0.15) is 6.33 Å². The van der Waals surface area contributed by atoms with E-state index in [9.17, 15) is 5.11 Å². The zero-order valence-electron chi connectivity index (χ0n) is 10.5. The Bertz CT molecular complexity index is 481. The Hall–Kier alpha value is -1.43. The van der Waals surface area contributed by atoms with Crippen molar-refractivity contribution >= 4 is 11.8 Å². The molecule has 0 saturated carbocycles. The van der Waals surface area contributed by atoms with Gasteiger partial charge in [0, 0.05) is 18.0 Å². The molecular weight excluding hydrogens is 258 g/mol. The number of aromatic nitrogens is 2. The van der Waals surface area contributed by atoms with Crippen LogP contribution in [0.1, 0.15) is 5.56 Å². The summed E-state index contributed by atoms with van der Waals surface area (Å²) in [4.78, 5) is 7.95. The molecule has 4 nitrogen and oxygen atoms in total. The number of nitrogens with zero attached hydrogens (tertiary/aromatic N) is 2. The van der Waals surface area contributed by atoms with Gasteiger partial charge in [-0.05, 0) is 18.1 Å². The molecule has 0 aliphatic heterocycles. The van der Waals surface area contributed by atoms with E-state index >= 15 is 0 Å². The van der Waals surface area contributed by atoms with Crippen LogP contribution in [0.4, 0.5) is 0 Å². The zero-order chi connectivity index (χ0) is 13.5. The summed E-state index contributed by atoms with van der Waals surface area (Å²) >= 11 is 1.49. The van der Waals surface area contributed by atoms with Crippen LogP contribution in [0.3, 0.4) is 0 Å². The lowest BCUT2D eigenvalue weighted by atomic mass is 10.0. The monoisotopic (exact) mass is 275 g/mol. The summed E-state index contributed by atoms with van der Waals surface area (Å²) in [5.41, 5.74) is 7.16. The molecule has 0 bridgehead atoms. The molecule has 3 N–H and O–H groups in total. The zero-order valence-corrected chi connectivity index (χ0v) is 11.3. The molecule has 1 aromatic carbocycles. The largest absolute Gasteiger partial charge is 0.391 e. The normalized spacial score (nSPS) is 14.0. The topological polar surface area (TPSA) is 72.0 Å². The standard InChI is InChI=1S/C14H17N3OS/c15-12(8-11-4-2-1-3-5-11)13(18)9-19-14-6-7-16-10-17-14/h1-7,10,12-13,18H,8-9,15H2. The maximum atomic E-state index is 10.1. The van der Waals surface area contributed by atoms with Gasteiger partial charge in [0.05, 0.1) is 11.1 Å². The number of benzene rings is 1. The number of hydrogen-bond acceptors (Lipinski definition) is 5. The average molecular weight is 275 g/mol. The predicted octanol–water partition coefficient (Wildman–Crippen LogP) is 1.50. The third-order valence-corrected chi connectivity index (χ3v) is 3.81. The van der Waals surface area contributed by atoms with Crippen LogP contribution in [0.5, 0.6) is 0 Å². The molecule has 0 radical (unpaired) electrons. The van der Waals surface area contributed by atoms with Gasteiger partial charge in [-0.2, -0.15) is 0 Å². The summed E-state index contributed by atoms with van der Waals surface area (Å²) in [6.07, 6.45) is 3.30. The number of hydrogen-bond donors (Lipinski definition) is 2. The molecule has 0 fully saturated rings. The predicted molar refractivity (Wildman–Crippen MR) is 76.9 cm³/mol. The van der Waals surface area contributed by atoms with Gasteiger partial charge in [0.2, 0.25) is 0 Å². The van der Waals surface area contributed by atoms with E-state index in [1.54, 1.807) is 6.20 Å². The van der Waals surface area contributed by atoms with Crippen LogP contribution in [0, 0.1) is 0 Å². The van der Waals surface area contributed by atoms with Crippen LogP contribution in [-0.4, -0.2) is 33.0 Å². The summed E-state index contributed by atoms with van der Waals surface area (Å²) in [5, 5.41) is 10.9. The highest BCUT2D eigenvalue weighted by Crippen LogP contribution is 2.16. The van der Waals surface area contributed by atoms with E-state index in [-0.39, 0.29) is 6.04 Å². The van der Waals surface area contributed by atoms with Gasteiger partial charge in [-0.15, -0.1) is 11.8 Å². The van der Waals surface area contributed by atoms with Gasteiger partial charge in [-0.3, -0.25) is 0 Å².